The molecule has 0 fully saturated rings. The Labute approximate surface area is 337 Å². The number of hydrogen-bond donors (Lipinski definition) is 2. The van der Waals surface area contributed by atoms with Crippen molar-refractivity contribution in [3.05, 3.63) is 144 Å². The minimum atomic E-state index is 0.838. The van der Waals surface area contributed by atoms with Crippen molar-refractivity contribution < 1.29 is 9.55 Å². The number of aryl methyl sites for hydroxylation is 1. The normalized spacial score (nSPS) is 11.4. The molecule has 0 spiro atoms. The second-order valence-electron chi connectivity index (χ2n) is 12.5. The van der Waals surface area contributed by atoms with E-state index in [-0.39, 0.29) is 0 Å². The van der Waals surface area contributed by atoms with Gasteiger partial charge in [-0.3, -0.25) is 0 Å². The monoisotopic (exact) mass is 787 g/mol. The highest BCUT2D eigenvalue weighted by atomic mass is 35.5. The first kappa shape index (κ1) is 38.2. The third-order valence-corrected chi connectivity index (χ3v) is 10.6. The van der Waals surface area contributed by atoms with Crippen LogP contribution in [0.25, 0.3) is 90.9 Å². The summed E-state index contributed by atoms with van der Waals surface area (Å²) in [7, 11) is 3.16. The lowest BCUT2D eigenvalue weighted by Crippen LogP contribution is -2.26. The van der Waals surface area contributed by atoms with E-state index in [9.17, 15) is 5.26 Å². The summed E-state index contributed by atoms with van der Waals surface area (Å²) in [6.45, 7) is 4.00. The number of alkyl halides is 1. The van der Waals surface area contributed by atoms with Crippen molar-refractivity contribution in [3.63, 3.8) is 0 Å². The van der Waals surface area contributed by atoms with Gasteiger partial charge in [-0.15, -0.1) is 11.6 Å². The van der Waals surface area contributed by atoms with Gasteiger partial charge in [0.25, 0.3) is 0 Å². The van der Waals surface area contributed by atoms with Gasteiger partial charge in [0.15, 0.2) is 24.8 Å². The maximum absolute atomic E-state index is 9.29. The molecule has 0 aliphatic carbocycles. The Balaban J connectivity index is 0.00000117. The van der Waals surface area contributed by atoms with E-state index in [1.165, 1.54) is 6.38 Å². The topological polar surface area (TPSA) is 99.2 Å². The predicted molar refractivity (Wildman–Crippen MR) is 235 cm³/mol. The minimum Gasteiger partial charge on any atom is -0.354 e. The number of thiocyanates is 1. The third kappa shape index (κ3) is 7.71. The Morgan fingerprint density at radius 2 is 1.18 bits per heavy atom. The molecule has 274 valence electrons. The summed E-state index contributed by atoms with van der Waals surface area (Å²) in [5, 5.41) is 11.5. The minimum absolute atomic E-state index is 0.838. The summed E-state index contributed by atoms with van der Waals surface area (Å²) in [4.78, 5) is 22.5. The molecule has 3 N–H and O–H groups in total. The number of nitrogens with zero attached hydrogens (tertiary/aromatic N) is 4. The molecule has 7 nitrogen and oxygen atoms in total. The first-order valence-corrected chi connectivity index (χ1v) is 20.8. The summed E-state index contributed by atoms with van der Waals surface area (Å²) in [5.41, 5.74) is 15.4. The zero-order valence-corrected chi connectivity index (χ0v) is 33.8. The van der Waals surface area contributed by atoms with Crippen LogP contribution in [0, 0.1) is 10.7 Å². The van der Waals surface area contributed by atoms with Crippen molar-refractivity contribution in [2.45, 2.75) is 18.7 Å². The van der Waals surface area contributed by atoms with Crippen LogP contribution < -0.4 is 9.55 Å². The van der Waals surface area contributed by atoms with Gasteiger partial charge < -0.3 is 9.97 Å². The van der Waals surface area contributed by atoms with Crippen LogP contribution in [0.15, 0.2) is 126 Å². The molecule has 10 heteroatoms. The van der Waals surface area contributed by atoms with Crippen molar-refractivity contribution in [2.24, 2.45) is 7.05 Å². The van der Waals surface area contributed by atoms with E-state index in [1.54, 1.807) is 0 Å². The van der Waals surface area contributed by atoms with Crippen LogP contribution in [0.3, 0.4) is 0 Å². The van der Waals surface area contributed by atoms with E-state index in [0.717, 1.165) is 114 Å². The van der Waals surface area contributed by atoms with Gasteiger partial charge in [0.2, 0.25) is 0 Å². The molecule has 0 saturated heterocycles. The molecule has 7 aromatic rings. The zero-order chi connectivity index (χ0) is 39.0. The fraction of sp³-hybridized carbons (Fsp3) is 0.0870. The quantitative estimate of drug-likeness (QED) is 0.0785. The molecule has 2 aliphatic heterocycles. The molecule has 0 radical (unpaired) electrons. The van der Waals surface area contributed by atoms with Gasteiger partial charge >= 0.3 is 0 Å². The number of H-pyrrole nitrogens is 3. The lowest BCUT2D eigenvalue weighted by atomic mass is 10.0. The number of hydrogen-bond acceptors (Lipinski definition) is 4. The average Bonchev–Trinajstić information content (AvgIpc) is 4.09. The standard InChI is InChI=1S/C43H29N7PS.C2H6.CH3Cl/c1-50-21-3-6-29(24-50)42-36-16-15-35(48-36)41(28-5-2-20-45-23-28)34-14-12-32(46-34)40(27-8-10-31(11-9-27)52-26-44)33-13-18-38(47-33)43(30-7-4-22-51-25-30)39-19-17-37(42)49-39;2*1-2/h2-25,47-48H,1H3;1-2H3;1H3/q+1;;/p+1. The number of pyridine rings is 2. The largest absolute Gasteiger partial charge is 0.354 e. The van der Waals surface area contributed by atoms with Crippen molar-refractivity contribution in [1.29, 1.82) is 5.26 Å². The molecule has 9 rings (SSSR count). The molecule has 8 bridgehead atoms. The van der Waals surface area contributed by atoms with Gasteiger partial charge in [-0.1, -0.05) is 46.3 Å². The van der Waals surface area contributed by atoms with Crippen LogP contribution in [0.2, 0.25) is 0 Å². The summed E-state index contributed by atoms with van der Waals surface area (Å²) >= 11 is 5.79. The van der Waals surface area contributed by atoms with Crippen LogP contribution in [-0.2, 0) is 7.05 Å². The fourth-order valence-corrected chi connectivity index (χ4v) is 7.98. The number of thioether (sulfide) groups is 1. The molecular formula is C46H39ClN7PS+2. The lowest BCUT2D eigenvalue weighted by molar-refractivity contribution is -0.671. The van der Waals surface area contributed by atoms with Gasteiger partial charge in [0, 0.05) is 78.9 Å². The molecule has 0 saturated carbocycles. The van der Waals surface area contributed by atoms with E-state index in [1.807, 2.05) is 57.7 Å². The molecular weight excluding hydrogens is 749 g/mol. The second-order valence-corrected chi connectivity index (χ2v) is 14.2. The van der Waals surface area contributed by atoms with E-state index in [0.29, 0.717) is 0 Å². The van der Waals surface area contributed by atoms with Crippen LogP contribution in [0.1, 0.15) is 36.6 Å². The van der Waals surface area contributed by atoms with E-state index >= 15 is 0 Å². The van der Waals surface area contributed by atoms with E-state index in [2.05, 4.69) is 145 Å². The molecule has 2 aliphatic rings. The Hall–Kier alpha value is -6.10. The Morgan fingerprint density at radius 1 is 0.661 bits per heavy atom. The van der Waals surface area contributed by atoms with Crippen LogP contribution in [0.4, 0.5) is 0 Å². The van der Waals surface area contributed by atoms with Crippen molar-refractivity contribution in [1.82, 2.24) is 19.9 Å². The summed E-state index contributed by atoms with van der Waals surface area (Å²) in [6.07, 6.45) is 18.0. The summed E-state index contributed by atoms with van der Waals surface area (Å²) in [5.74, 6) is 4.35. The maximum Gasteiger partial charge on any atom is 0.176 e. The van der Waals surface area contributed by atoms with Crippen molar-refractivity contribution >= 4 is 77.9 Å². The molecule has 56 heavy (non-hydrogen) atoms. The summed E-state index contributed by atoms with van der Waals surface area (Å²) < 4.78 is 2.07. The highest BCUT2D eigenvalue weighted by Crippen LogP contribution is 2.38. The molecule has 8 heterocycles. The fourth-order valence-electron chi connectivity index (χ4n) is 6.96. The van der Waals surface area contributed by atoms with Gasteiger partial charge in [-0.2, -0.15) is 5.26 Å². The number of benzene rings is 1. The lowest BCUT2D eigenvalue weighted by Gasteiger charge is -2.06. The number of fused-ring (bicyclic) bond motifs is 8. The number of rotatable bonds is 5. The molecule has 1 aromatic carbocycles. The first-order valence-electron chi connectivity index (χ1n) is 18.2. The number of aromatic nitrogens is 6. The molecule has 6 aromatic heterocycles. The third-order valence-electron chi connectivity index (χ3n) is 9.23. The first-order chi connectivity index (χ1) is 27.6. The molecule has 0 unspecified atom stereocenters. The van der Waals surface area contributed by atoms with E-state index in [4.69, 9.17) is 9.97 Å². The highest BCUT2D eigenvalue weighted by Gasteiger charge is 2.20. The smallest absolute Gasteiger partial charge is 0.176 e. The Bertz CT molecular complexity index is 2750. The van der Waals surface area contributed by atoms with Crippen LogP contribution >= 0.6 is 31.6 Å². The van der Waals surface area contributed by atoms with Gasteiger partial charge in [0.05, 0.1) is 22.8 Å². The SMILES string of the molecule is CC.CCl.C[n+]1cccc(-c2c3nc(c(-c4cccpc4)c4ccc([nH]4)c(-c4ccc(SC#N)cc4)c4nc(c(-c5ccc[nH+]c5)c5ccc2[nH]5)C=C4)C=C3)c1. The highest BCUT2D eigenvalue weighted by molar-refractivity contribution is 8.03. The van der Waals surface area contributed by atoms with Gasteiger partial charge in [-0.25, -0.2) is 19.5 Å². The predicted octanol–water partition coefficient (Wildman–Crippen LogP) is 12.0. The number of nitriles is 1. The van der Waals surface area contributed by atoms with Crippen LogP contribution in [-0.4, -0.2) is 26.3 Å². The maximum atomic E-state index is 9.29. The zero-order valence-electron chi connectivity index (χ0n) is 31.4. The summed E-state index contributed by atoms with van der Waals surface area (Å²) in [6, 6.07) is 29.2. The van der Waals surface area contributed by atoms with Crippen molar-refractivity contribution in [2.75, 3.05) is 6.38 Å². The van der Waals surface area contributed by atoms with Crippen LogP contribution in [0.5, 0.6) is 0 Å². The van der Waals surface area contributed by atoms with Crippen molar-refractivity contribution in [3.8, 4) is 49.9 Å². The van der Waals surface area contributed by atoms with E-state index < -0.39 is 0 Å². The number of aromatic amines is 3. The van der Waals surface area contributed by atoms with Gasteiger partial charge in [-0.05, 0) is 107 Å². The molecule has 0 atom stereocenters. The number of nitrogens with one attached hydrogen (secondary N) is 3. The Morgan fingerprint density at radius 3 is 1.68 bits per heavy atom. The average molecular weight is 788 g/mol. The number of halogens is 1. The second kappa shape index (κ2) is 17.6. The molecule has 0 amide bonds. The Kier molecular flexibility index (Phi) is 12.0. The van der Waals surface area contributed by atoms with Gasteiger partial charge in [0.1, 0.15) is 12.4 Å².